The molecule has 1 atom stereocenters. The molecule has 3 heteroatoms. The van der Waals surface area contributed by atoms with Crippen molar-refractivity contribution in [2.24, 2.45) is 0 Å². The van der Waals surface area contributed by atoms with E-state index in [4.69, 9.17) is 0 Å². The number of para-hydroxylation sites is 1. The van der Waals surface area contributed by atoms with Crippen LogP contribution in [0.5, 0.6) is 0 Å². The first-order valence-corrected chi connectivity index (χ1v) is 6.36. The molecule has 3 nitrogen and oxygen atoms in total. The normalized spacial score (nSPS) is 17.5. The zero-order valence-electron chi connectivity index (χ0n) is 11.1. The number of carbonyl (C=O) groups excluding carboxylic acids is 1. The minimum atomic E-state index is -0.288. The lowest BCUT2D eigenvalue weighted by atomic mass is 10.1. The topological polar surface area (TPSA) is 32.3 Å². The summed E-state index contributed by atoms with van der Waals surface area (Å²) < 4.78 is 0. The summed E-state index contributed by atoms with van der Waals surface area (Å²) in [5.41, 5.74) is 4.20. The van der Waals surface area contributed by atoms with Crippen LogP contribution in [0.15, 0.2) is 48.5 Å². The van der Waals surface area contributed by atoms with E-state index in [-0.39, 0.29) is 11.9 Å². The number of amides is 1. The van der Waals surface area contributed by atoms with E-state index in [9.17, 15) is 4.79 Å². The lowest BCUT2D eigenvalue weighted by Gasteiger charge is -2.14. The minimum Gasteiger partial charge on any atom is -0.370 e. The number of hydrogen-bond acceptors (Lipinski definition) is 2. The van der Waals surface area contributed by atoms with Gasteiger partial charge < -0.3 is 10.2 Å². The highest BCUT2D eigenvalue weighted by Crippen LogP contribution is 2.36. The van der Waals surface area contributed by atoms with Crippen LogP contribution >= 0.6 is 0 Å². The first kappa shape index (κ1) is 11.8. The zero-order chi connectivity index (χ0) is 13.4. The van der Waals surface area contributed by atoms with Crippen LogP contribution in [0.1, 0.15) is 17.2 Å². The lowest BCUT2D eigenvalue weighted by Crippen LogP contribution is -2.27. The Morgan fingerprint density at radius 3 is 2.47 bits per heavy atom. The second-order valence-electron chi connectivity index (χ2n) is 4.90. The quantitative estimate of drug-likeness (QED) is 0.890. The fourth-order valence-electron chi connectivity index (χ4n) is 2.44. The third-order valence-electron chi connectivity index (χ3n) is 3.55. The molecule has 0 aromatic heterocycles. The summed E-state index contributed by atoms with van der Waals surface area (Å²) in [6, 6.07) is 15.7. The van der Waals surface area contributed by atoms with Gasteiger partial charge in [-0.3, -0.25) is 4.79 Å². The molecule has 96 valence electrons. The highest BCUT2D eigenvalue weighted by atomic mass is 16.2. The molecule has 1 unspecified atom stereocenters. The van der Waals surface area contributed by atoms with E-state index in [1.807, 2.05) is 62.5 Å². The Morgan fingerprint density at radius 1 is 1.05 bits per heavy atom. The van der Waals surface area contributed by atoms with Gasteiger partial charge in [0.25, 0.3) is 5.91 Å². The van der Waals surface area contributed by atoms with Gasteiger partial charge in [0.05, 0.1) is 0 Å². The van der Waals surface area contributed by atoms with Gasteiger partial charge in [-0.15, -0.1) is 0 Å². The molecule has 3 rings (SSSR count). The molecule has 0 aliphatic carbocycles. The molecule has 1 aliphatic rings. The van der Waals surface area contributed by atoms with Crippen LogP contribution < -0.4 is 10.2 Å². The Labute approximate surface area is 112 Å². The molecule has 1 amide bonds. The predicted octanol–water partition coefficient (Wildman–Crippen LogP) is 3.12. The molecule has 1 heterocycles. The molecule has 0 radical (unpaired) electrons. The van der Waals surface area contributed by atoms with Crippen molar-refractivity contribution >= 4 is 17.3 Å². The number of anilines is 2. The van der Waals surface area contributed by atoms with Crippen molar-refractivity contribution < 1.29 is 4.79 Å². The van der Waals surface area contributed by atoms with Crippen molar-refractivity contribution in [3.63, 3.8) is 0 Å². The maximum Gasteiger partial charge on any atom is 0.253 e. The van der Waals surface area contributed by atoms with Gasteiger partial charge in [-0.2, -0.15) is 0 Å². The fraction of sp³-hybridized carbons (Fsp3) is 0.188. The minimum absolute atomic E-state index is 0.0850. The van der Waals surface area contributed by atoms with Crippen molar-refractivity contribution in [2.75, 3.05) is 17.3 Å². The van der Waals surface area contributed by atoms with Crippen LogP contribution in [0.25, 0.3) is 0 Å². The zero-order valence-corrected chi connectivity index (χ0v) is 11.1. The number of aryl methyl sites for hydroxylation is 1. The monoisotopic (exact) mass is 252 g/mol. The van der Waals surface area contributed by atoms with Crippen LogP contribution in [0.3, 0.4) is 0 Å². The Kier molecular flexibility index (Phi) is 2.75. The number of carbonyl (C=O) groups is 1. The third kappa shape index (κ3) is 1.97. The van der Waals surface area contributed by atoms with E-state index in [1.54, 1.807) is 4.90 Å². The van der Waals surface area contributed by atoms with Gasteiger partial charge in [0.2, 0.25) is 0 Å². The molecule has 0 saturated heterocycles. The van der Waals surface area contributed by atoms with Crippen LogP contribution in [0.4, 0.5) is 11.4 Å². The maximum atomic E-state index is 12.3. The lowest BCUT2D eigenvalue weighted by molar-refractivity contribution is -0.118. The largest absolute Gasteiger partial charge is 0.370 e. The van der Waals surface area contributed by atoms with Crippen LogP contribution in [0.2, 0.25) is 0 Å². The molecule has 2 aromatic carbocycles. The molecule has 0 saturated carbocycles. The summed E-state index contributed by atoms with van der Waals surface area (Å²) in [5.74, 6) is 0.0850. The van der Waals surface area contributed by atoms with Crippen LogP contribution in [0, 0.1) is 6.92 Å². The smallest absolute Gasteiger partial charge is 0.253 e. The van der Waals surface area contributed by atoms with Crippen LogP contribution in [-0.4, -0.2) is 13.0 Å². The highest BCUT2D eigenvalue weighted by Gasteiger charge is 2.34. The standard InChI is InChI=1S/C16H16N2O/c1-11-7-9-12(10-8-11)17-15-13-5-3-4-6-14(13)18(2)16(15)19/h3-10,15,17H,1-2H3. The van der Waals surface area contributed by atoms with Crippen LogP contribution in [-0.2, 0) is 4.79 Å². The summed E-state index contributed by atoms with van der Waals surface area (Å²) in [6.07, 6.45) is 0. The summed E-state index contributed by atoms with van der Waals surface area (Å²) >= 11 is 0. The van der Waals surface area contributed by atoms with E-state index < -0.39 is 0 Å². The van der Waals surface area contributed by atoms with E-state index in [1.165, 1.54) is 5.56 Å². The maximum absolute atomic E-state index is 12.3. The highest BCUT2D eigenvalue weighted by molar-refractivity contribution is 6.05. The number of fused-ring (bicyclic) bond motifs is 1. The van der Waals surface area contributed by atoms with Gasteiger partial charge in [-0.25, -0.2) is 0 Å². The van der Waals surface area contributed by atoms with E-state index in [0.29, 0.717) is 0 Å². The molecule has 0 bridgehead atoms. The molecule has 2 aromatic rings. The van der Waals surface area contributed by atoms with E-state index in [0.717, 1.165) is 16.9 Å². The second-order valence-corrected chi connectivity index (χ2v) is 4.90. The molecule has 0 fully saturated rings. The predicted molar refractivity (Wildman–Crippen MR) is 77.4 cm³/mol. The molecular weight excluding hydrogens is 236 g/mol. The van der Waals surface area contributed by atoms with Gasteiger partial charge in [-0.1, -0.05) is 35.9 Å². The van der Waals surface area contributed by atoms with Crippen molar-refractivity contribution in [3.8, 4) is 0 Å². The van der Waals surface area contributed by atoms with Crippen molar-refractivity contribution in [1.82, 2.24) is 0 Å². The molecular formula is C16H16N2O. The first-order chi connectivity index (χ1) is 9.16. The van der Waals surface area contributed by atoms with Gasteiger partial charge in [-0.05, 0) is 25.1 Å². The average molecular weight is 252 g/mol. The summed E-state index contributed by atoms with van der Waals surface area (Å²) in [4.78, 5) is 14.0. The van der Waals surface area contributed by atoms with Crippen molar-refractivity contribution in [2.45, 2.75) is 13.0 Å². The number of hydrogen-bond donors (Lipinski definition) is 1. The van der Waals surface area contributed by atoms with Gasteiger partial charge in [0, 0.05) is 24.0 Å². The Balaban J connectivity index is 1.93. The second kappa shape index (κ2) is 4.43. The first-order valence-electron chi connectivity index (χ1n) is 6.36. The molecule has 1 aliphatic heterocycles. The molecule has 19 heavy (non-hydrogen) atoms. The van der Waals surface area contributed by atoms with Crippen molar-refractivity contribution in [3.05, 3.63) is 59.7 Å². The molecule has 1 N–H and O–H groups in total. The van der Waals surface area contributed by atoms with Gasteiger partial charge in [0.15, 0.2) is 0 Å². The fourth-order valence-corrected chi connectivity index (χ4v) is 2.44. The number of nitrogens with zero attached hydrogens (tertiary/aromatic N) is 1. The third-order valence-corrected chi connectivity index (χ3v) is 3.55. The summed E-state index contributed by atoms with van der Waals surface area (Å²) in [6.45, 7) is 2.05. The van der Waals surface area contributed by atoms with Crippen molar-refractivity contribution in [1.29, 1.82) is 0 Å². The van der Waals surface area contributed by atoms with E-state index >= 15 is 0 Å². The number of likely N-dealkylation sites (N-methyl/N-ethyl adjacent to an activating group) is 1. The Morgan fingerprint density at radius 2 is 1.74 bits per heavy atom. The summed E-state index contributed by atoms with van der Waals surface area (Å²) in [5, 5.41) is 3.31. The Bertz CT molecular complexity index is 619. The number of nitrogens with one attached hydrogen (secondary N) is 1. The average Bonchev–Trinajstić information content (AvgIpc) is 2.67. The SMILES string of the molecule is Cc1ccc(NC2C(=O)N(C)c3ccccc32)cc1. The number of rotatable bonds is 2. The van der Waals surface area contributed by atoms with Gasteiger partial charge >= 0.3 is 0 Å². The number of benzene rings is 2. The molecule has 0 spiro atoms. The van der Waals surface area contributed by atoms with Gasteiger partial charge in [0.1, 0.15) is 6.04 Å². The Hall–Kier alpha value is -2.29. The van der Waals surface area contributed by atoms with E-state index in [2.05, 4.69) is 5.32 Å². The summed E-state index contributed by atoms with van der Waals surface area (Å²) in [7, 11) is 1.82.